The van der Waals surface area contributed by atoms with Gasteiger partial charge in [0.2, 0.25) is 16.2 Å². The second-order valence-electron chi connectivity index (χ2n) is 11.0. The van der Waals surface area contributed by atoms with Crippen LogP contribution < -0.4 is 20.3 Å². The maximum Gasteiger partial charge on any atom is 0.223 e. The van der Waals surface area contributed by atoms with Crippen molar-refractivity contribution in [1.82, 2.24) is 25.0 Å². The molecule has 2 saturated heterocycles. The summed E-state index contributed by atoms with van der Waals surface area (Å²) in [6, 6.07) is 12.9. The molecule has 41 heavy (non-hydrogen) atoms. The first-order valence-corrected chi connectivity index (χ1v) is 16.2. The lowest BCUT2D eigenvalue weighted by atomic mass is 9.96. The number of likely N-dealkylation sites (tertiary alicyclic amines) is 1. The van der Waals surface area contributed by atoms with Crippen LogP contribution in [0.1, 0.15) is 64.5 Å². The second kappa shape index (κ2) is 14.7. The molecule has 4 heterocycles. The van der Waals surface area contributed by atoms with Gasteiger partial charge in [0.15, 0.2) is 0 Å². The van der Waals surface area contributed by atoms with Gasteiger partial charge in [-0.3, -0.25) is 9.36 Å². The maximum absolute atomic E-state index is 12.8. The fraction of sp³-hybridized carbons (Fsp3) is 0.581. The number of piperidine rings is 2. The number of nitrogens with zero attached hydrogens (tertiary/aromatic N) is 5. The predicted octanol–water partition coefficient (Wildman–Crippen LogP) is 5.33. The molecule has 1 aromatic carbocycles. The van der Waals surface area contributed by atoms with Crippen LogP contribution in [-0.2, 0) is 11.3 Å². The molecule has 0 spiro atoms. The molecule has 0 unspecified atom stereocenters. The molecule has 10 heteroatoms. The number of nitrogens with one attached hydrogen (secondary N) is 2. The number of carbonyl (C=O) groups excluding carboxylic acids is 1. The number of hydrogen-bond donors (Lipinski definition) is 2. The smallest absolute Gasteiger partial charge is 0.223 e. The highest BCUT2D eigenvalue weighted by molar-refractivity contribution is 7.17. The Morgan fingerprint density at radius 2 is 1.83 bits per heavy atom. The Hall–Kier alpha value is -3.11. The largest absolute Gasteiger partial charge is 0.494 e. The summed E-state index contributed by atoms with van der Waals surface area (Å²) in [5, 5.41) is 17.5. The predicted molar refractivity (Wildman–Crippen MR) is 166 cm³/mol. The Morgan fingerprint density at radius 3 is 2.61 bits per heavy atom. The van der Waals surface area contributed by atoms with Crippen LogP contribution in [0.5, 0.6) is 5.75 Å². The van der Waals surface area contributed by atoms with E-state index in [9.17, 15) is 4.79 Å². The van der Waals surface area contributed by atoms with Crippen molar-refractivity contribution in [3.05, 3.63) is 48.3 Å². The van der Waals surface area contributed by atoms with Crippen molar-refractivity contribution in [3.8, 4) is 10.9 Å². The van der Waals surface area contributed by atoms with E-state index in [0.29, 0.717) is 13.2 Å². The minimum Gasteiger partial charge on any atom is -0.494 e. The molecule has 0 bridgehead atoms. The van der Waals surface area contributed by atoms with Gasteiger partial charge in [-0.2, -0.15) is 0 Å². The average molecular weight is 580 g/mol. The molecule has 2 N–H and O–H groups in total. The highest BCUT2D eigenvalue weighted by Gasteiger charge is 2.27. The number of amides is 1. The zero-order chi connectivity index (χ0) is 28.4. The van der Waals surface area contributed by atoms with E-state index < -0.39 is 0 Å². The molecule has 2 fully saturated rings. The summed E-state index contributed by atoms with van der Waals surface area (Å²) in [6.45, 7) is 10.4. The summed E-state index contributed by atoms with van der Waals surface area (Å²) in [6.07, 6.45) is 10.00. The van der Waals surface area contributed by atoms with Gasteiger partial charge in [0.05, 0.1) is 13.2 Å². The number of ether oxygens (including phenoxy) is 1. The SMILES string of the molecule is CCOc1ccc(NCc2cccn2-c2nnc(N3CCC(C(=O)NCCCN4CCCC[C@H]4CC)CC3)s2)cc1. The Balaban J connectivity index is 1.06. The Kier molecular flexibility index (Phi) is 10.5. The highest BCUT2D eigenvalue weighted by Crippen LogP contribution is 2.29. The summed E-state index contributed by atoms with van der Waals surface area (Å²) in [5.41, 5.74) is 2.15. The lowest BCUT2D eigenvalue weighted by Gasteiger charge is -2.35. The van der Waals surface area contributed by atoms with Gasteiger partial charge in [-0.15, -0.1) is 10.2 Å². The fourth-order valence-electron chi connectivity index (χ4n) is 6.00. The van der Waals surface area contributed by atoms with Crippen LogP contribution in [0.3, 0.4) is 0 Å². The van der Waals surface area contributed by atoms with Gasteiger partial charge in [0.25, 0.3) is 0 Å². The fourth-order valence-corrected chi connectivity index (χ4v) is 6.91. The third-order valence-electron chi connectivity index (χ3n) is 8.36. The Labute approximate surface area is 248 Å². The Morgan fingerprint density at radius 1 is 1.02 bits per heavy atom. The number of hydrogen-bond acceptors (Lipinski definition) is 8. The van der Waals surface area contributed by atoms with Crippen LogP contribution in [-0.4, -0.2) is 70.9 Å². The monoisotopic (exact) mass is 579 g/mol. The topological polar surface area (TPSA) is 87.5 Å². The minimum absolute atomic E-state index is 0.0849. The molecule has 2 aliphatic rings. The molecule has 5 rings (SSSR count). The minimum atomic E-state index is 0.0849. The maximum atomic E-state index is 12.8. The van der Waals surface area contributed by atoms with Crippen molar-refractivity contribution < 1.29 is 9.53 Å². The van der Waals surface area contributed by atoms with E-state index in [1.54, 1.807) is 11.3 Å². The molecule has 222 valence electrons. The number of aromatic nitrogens is 3. The van der Waals surface area contributed by atoms with Crippen LogP contribution in [0.4, 0.5) is 10.8 Å². The van der Waals surface area contributed by atoms with Crippen molar-refractivity contribution in [2.75, 3.05) is 49.5 Å². The van der Waals surface area contributed by atoms with E-state index in [-0.39, 0.29) is 11.8 Å². The first kappa shape index (κ1) is 29.4. The van der Waals surface area contributed by atoms with Gasteiger partial charge < -0.3 is 25.2 Å². The van der Waals surface area contributed by atoms with E-state index in [4.69, 9.17) is 4.74 Å². The summed E-state index contributed by atoms with van der Waals surface area (Å²) in [7, 11) is 0. The molecule has 9 nitrogen and oxygen atoms in total. The standard InChI is InChI=1S/C31H45N7O2S/c1-3-26-9-5-6-18-36(26)19-8-17-32-29(39)24-15-21-37(22-16-24)30-34-35-31(41-30)38-20-7-10-27(38)23-33-25-11-13-28(14-12-25)40-4-2/h7,10-14,20,24,26,33H,3-6,8-9,15-19,21-23H2,1-2H3,(H,32,39)/t26-/m1/s1. The lowest BCUT2D eigenvalue weighted by Crippen LogP contribution is -2.42. The first-order valence-electron chi connectivity index (χ1n) is 15.4. The van der Waals surface area contributed by atoms with Crippen molar-refractivity contribution in [2.45, 2.75) is 71.4 Å². The normalized spacial score (nSPS) is 18.4. The molecule has 1 amide bonds. The van der Waals surface area contributed by atoms with Crippen molar-refractivity contribution >= 4 is 28.1 Å². The van der Waals surface area contributed by atoms with Gasteiger partial charge in [-0.05, 0) is 88.4 Å². The number of anilines is 2. The summed E-state index contributed by atoms with van der Waals surface area (Å²) in [4.78, 5) is 17.7. The zero-order valence-electron chi connectivity index (χ0n) is 24.6. The Bertz CT molecular complexity index is 1220. The summed E-state index contributed by atoms with van der Waals surface area (Å²) < 4.78 is 7.62. The summed E-state index contributed by atoms with van der Waals surface area (Å²) >= 11 is 1.60. The molecule has 0 aliphatic carbocycles. The molecule has 0 saturated carbocycles. The van der Waals surface area contributed by atoms with Gasteiger partial charge >= 0.3 is 0 Å². The number of carbonyl (C=O) groups is 1. The third kappa shape index (κ3) is 7.80. The van der Waals surface area contributed by atoms with Crippen molar-refractivity contribution in [2.24, 2.45) is 5.92 Å². The molecule has 0 radical (unpaired) electrons. The van der Waals surface area contributed by atoms with Crippen LogP contribution >= 0.6 is 11.3 Å². The quantitative estimate of drug-likeness (QED) is 0.265. The van der Waals surface area contributed by atoms with E-state index in [0.717, 1.165) is 78.9 Å². The summed E-state index contributed by atoms with van der Waals surface area (Å²) in [5.74, 6) is 1.17. The van der Waals surface area contributed by atoms with E-state index in [2.05, 4.69) is 48.2 Å². The number of benzene rings is 1. The van der Waals surface area contributed by atoms with Crippen LogP contribution in [0, 0.1) is 5.92 Å². The van der Waals surface area contributed by atoms with Crippen LogP contribution in [0.15, 0.2) is 42.6 Å². The van der Waals surface area contributed by atoms with Crippen molar-refractivity contribution in [3.63, 3.8) is 0 Å². The van der Waals surface area contributed by atoms with E-state index >= 15 is 0 Å². The van der Waals surface area contributed by atoms with Gasteiger partial charge in [-0.1, -0.05) is 24.7 Å². The van der Waals surface area contributed by atoms with Gasteiger partial charge in [-0.25, -0.2) is 0 Å². The third-order valence-corrected chi connectivity index (χ3v) is 9.34. The lowest BCUT2D eigenvalue weighted by molar-refractivity contribution is -0.125. The van der Waals surface area contributed by atoms with Gasteiger partial charge in [0.1, 0.15) is 5.75 Å². The van der Waals surface area contributed by atoms with E-state index in [1.807, 2.05) is 43.5 Å². The highest BCUT2D eigenvalue weighted by atomic mass is 32.1. The van der Waals surface area contributed by atoms with Crippen LogP contribution in [0.2, 0.25) is 0 Å². The molecular weight excluding hydrogens is 534 g/mol. The average Bonchev–Trinajstić information content (AvgIpc) is 3.69. The second-order valence-corrected chi connectivity index (χ2v) is 12.0. The molecule has 2 aliphatic heterocycles. The molecule has 1 atom stereocenters. The first-order chi connectivity index (χ1) is 20.1. The molecule has 3 aromatic rings. The molecular formula is C31H45N7O2S. The van der Waals surface area contributed by atoms with Gasteiger partial charge in [0, 0.05) is 55.7 Å². The van der Waals surface area contributed by atoms with E-state index in [1.165, 1.54) is 32.2 Å². The zero-order valence-corrected chi connectivity index (χ0v) is 25.4. The number of rotatable bonds is 13. The van der Waals surface area contributed by atoms with Crippen LogP contribution in [0.25, 0.3) is 5.13 Å². The van der Waals surface area contributed by atoms with Crippen molar-refractivity contribution in [1.29, 1.82) is 0 Å². The molecule has 2 aromatic heterocycles.